The number of hydrogen-bond acceptors (Lipinski definition) is 5. The van der Waals surface area contributed by atoms with Gasteiger partial charge >= 0.3 is 0 Å². The Hall–Kier alpha value is -4.07. The second-order valence-corrected chi connectivity index (χ2v) is 6.39. The third-order valence-electron chi connectivity index (χ3n) is 4.56. The van der Waals surface area contributed by atoms with Crippen molar-refractivity contribution in [2.24, 2.45) is 7.05 Å². The van der Waals surface area contributed by atoms with Gasteiger partial charge in [0, 0.05) is 19.4 Å². The van der Waals surface area contributed by atoms with Crippen LogP contribution in [0.25, 0.3) is 39.1 Å². The molecular formula is C20H14N6O2. The number of hydrogen-bond donors (Lipinski definition) is 1. The molecule has 0 aliphatic heterocycles. The zero-order valence-corrected chi connectivity index (χ0v) is 14.8. The molecule has 0 fully saturated rings. The van der Waals surface area contributed by atoms with Gasteiger partial charge in [0.05, 0.1) is 23.0 Å². The first kappa shape index (κ1) is 16.1. The molecular weight excluding hydrogens is 356 g/mol. The molecule has 8 nitrogen and oxygen atoms in total. The summed E-state index contributed by atoms with van der Waals surface area (Å²) in [7, 11) is 1.79. The highest BCUT2D eigenvalue weighted by molar-refractivity contribution is 5.88. The molecule has 28 heavy (non-hydrogen) atoms. The molecule has 0 amide bonds. The highest BCUT2D eigenvalue weighted by atomic mass is 16.1. The molecule has 5 aromatic rings. The lowest BCUT2D eigenvalue weighted by Crippen LogP contribution is -2.27. The summed E-state index contributed by atoms with van der Waals surface area (Å²) in [6.45, 7) is 0. The van der Waals surface area contributed by atoms with Crippen molar-refractivity contribution in [3.8, 4) is 17.1 Å². The Morgan fingerprint density at radius 2 is 1.86 bits per heavy atom. The summed E-state index contributed by atoms with van der Waals surface area (Å²) in [6, 6.07) is 12.5. The Balaban J connectivity index is 1.99. The van der Waals surface area contributed by atoms with E-state index in [2.05, 4.69) is 20.1 Å². The zero-order valence-electron chi connectivity index (χ0n) is 14.8. The maximum atomic E-state index is 13.4. The number of pyridine rings is 2. The summed E-state index contributed by atoms with van der Waals surface area (Å²) in [4.78, 5) is 38.3. The lowest BCUT2D eigenvalue weighted by Gasteiger charge is -2.12. The topological polar surface area (TPSA) is 98.5 Å². The molecule has 0 spiro atoms. The summed E-state index contributed by atoms with van der Waals surface area (Å²) in [5.74, 6) is 0.399. The molecule has 4 aromatic heterocycles. The van der Waals surface area contributed by atoms with Gasteiger partial charge in [-0.15, -0.1) is 0 Å². The molecule has 8 heteroatoms. The van der Waals surface area contributed by atoms with E-state index >= 15 is 0 Å². The van der Waals surface area contributed by atoms with Gasteiger partial charge in [-0.3, -0.25) is 23.8 Å². The Morgan fingerprint density at radius 1 is 1.04 bits per heavy atom. The largest absolute Gasteiger partial charge is 0.337 e. The van der Waals surface area contributed by atoms with Crippen LogP contribution in [0.2, 0.25) is 0 Å². The number of fused-ring (bicyclic) bond motifs is 2. The smallest absolute Gasteiger partial charge is 0.271 e. The number of aromatic nitrogens is 6. The minimum absolute atomic E-state index is 0.0253. The molecule has 0 unspecified atom stereocenters. The summed E-state index contributed by atoms with van der Waals surface area (Å²) < 4.78 is 3.07. The summed E-state index contributed by atoms with van der Waals surface area (Å²) in [6.07, 6.45) is 4.93. The Morgan fingerprint density at radius 3 is 2.61 bits per heavy atom. The Labute approximate surface area is 157 Å². The zero-order chi connectivity index (χ0) is 19.3. The number of para-hydroxylation sites is 1. The number of rotatable bonds is 2. The number of aromatic amines is 1. The third-order valence-corrected chi connectivity index (χ3v) is 4.56. The molecule has 5 rings (SSSR count). The van der Waals surface area contributed by atoms with Crippen molar-refractivity contribution in [3.05, 3.63) is 81.6 Å². The third kappa shape index (κ3) is 2.35. The van der Waals surface area contributed by atoms with Crippen LogP contribution >= 0.6 is 0 Å². The van der Waals surface area contributed by atoms with E-state index in [0.29, 0.717) is 22.6 Å². The van der Waals surface area contributed by atoms with E-state index in [1.807, 2.05) is 18.2 Å². The van der Waals surface area contributed by atoms with Gasteiger partial charge in [0.1, 0.15) is 16.6 Å². The lowest BCUT2D eigenvalue weighted by atomic mass is 10.2. The molecule has 0 aliphatic rings. The predicted molar refractivity (Wildman–Crippen MR) is 105 cm³/mol. The van der Waals surface area contributed by atoms with Crippen LogP contribution < -0.4 is 11.0 Å². The Kier molecular flexibility index (Phi) is 3.45. The van der Waals surface area contributed by atoms with Crippen molar-refractivity contribution >= 4 is 22.1 Å². The van der Waals surface area contributed by atoms with Gasteiger partial charge in [-0.1, -0.05) is 18.2 Å². The average molecular weight is 370 g/mol. The molecule has 0 bridgehead atoms. The fraction of sp³-hybridized carbons (Fsp3) is 0.0500. The van der Waals surface area contributed by atoms with E-state index in [0.717, 1.165) is 0 Å². The van der Waals surface area contributed by atoms with Gasteiger partial charge in [-0.2, -0.15) is 5.10 Å². The highest BCUT2D eigenvalue weighted by Gasteiger charge is 2.19. The summed E-state index contributed by atoms with van der Waals surface area (Å²) >= 11 is 0. The Bertz CT molecular complexity index is 1460. The predicted octanol–water partition coefficient (Wildman–Crippen LogP) is 2.02. The van der Waals surface area contributed by atoms with Crippen LogP contribution in [0.15, 0.2) is 70.6 Å². The summed E-state index contributed by atoms with van der Waals surface area (Å²) in [5.41, 5.74) is 1.34. The van der Waals surface area contributed by atoms with Gasteiger partial charge in [0.15, 0.2) is 5.82 Å². The van der Waals surface area contributed by atoms with Crippen LogP contribution in [0.3, 0.4) is 0 Å². The standard InChI is InChI=1S/C20H14N6O2/c1-25-11-12(10-22-25)19-24-18-15(17(27)16-14(23-18)8-5-9-21-16)20(28)26(19)13-6-3-2-4-7-13/h2-11H,1H3,(H,23,27). The second-order valence-electron chi connectivity index (χ2n) is 6.39. The van der Waals surface area contributed by atoms with Gasteiger partial charge in [0.25, 0.3) is 5.56 Å². The highest BCUT2D eigenvalue weighted by Crippen LogP contribution is 2.21. The fourth-order valence-electron chi connectivity index (χ4n) is 3.30. The second kappa shape index (κ2) is 5.98. The van der Waals surface area contributed by atoms with Crippen molar-refractivity contribution in [1.29, 1.82) is 0 Å². The van der Waals surface area contributed by atoms with Crippen molar-refractivity contribution in [2.75, 3.05) is 0 Å². The first-order valence-electron chi connectivity index (χ1n) is 8.62. The first-order valence-corrected chi connectivity index (χ1v) is 8.62. The van der Waals surface area contributed by atoms with Gasteiger partial charge in [-0.25, -0.2) is 4.98 Å². The minimum atomic E-state index is -0.455. The van der Waals surface area contributed by atoms with Gasteiger partial charge in [0.2, 0.25) is 5.43 Å². The van der Waals surface area contributed by atoms with Crippen molar-refractivity contribution in [3.63, 3.8) is 0 Å². The van der Waals surface area contributed by atoms with E-state index in [-0.39, 0.29) is 16.6 Å². The monoisotopic (exact) mass is 370 g/mol. The number of aryl methyl sites for hydroxylation is 1. The molecule has 0 atom stereocenters. The average Bonchev–Trinajstić information content (AvgIpc) is 3.14. The van der Waals surface area contributed by atoms with Crippen molar-refractivity contribution < 1.29 is 0 Å². The van der Waals surface area contributed by atoms with E-state index in [9.17, 15) is 9.59 Å². The maximum Gasteiger partial charge on any atom is 0.271 e. The SMILES string of the molecule is Cn1cc(-c2nc3[nH]c4cccnc4c(=O)c3c(=O)n2-c2ccccc2)cn1. The summed E-state index contributed by atoms with van der Waals surface area (Å²) in [5, 5.41) is 4.16. The first-order chi connectivity index (χ1) is 13.6. The van der Waals surface area contributed by atoms with Crippen LogP contribution in [0.1, 0.15) is 0 Å². The molecule has 0 saturated heterocycles. The molecule has 0 aliphatic carbocycles. The molecule has 0 saturated carbocycles. The van der Waals surface area contributed by atoms with Crippen LogP contribution in [-0.2, 0) is 7.05 Å². The minimum Gasteiger partial charge on any atom is -0.337 e. The number of nitrogens with zero attached hydrogens (tertiary/aromatic N) is 5. The van der Waals surface area contributed by atoms with E-state index in [1.165, 1.54) is 10.8 Å². The molecule has 1 N–H and O–H groups in total. The number of nitrogens with one attached hydrogen (secondary N) is 1. The van der Waals surface area contributed by atoms with Crippen molar-refractivity contribution in [2.45, 2.75) is 0 Å². The van der Waals surface area contributed by atoms with Crippen molar-refractivity contribution in [1.82, 2.24) is 29.3 Å². The van der Waals surface area contributed by atoms with Crippen LogP contribution in [-0.4, -0.2) is 29.3 Å². The normalized spacial score (nSPS) is 11.3. The molecule has 1 aromatic carbocycles. The number of H-pyrrole nitrogens is 1. The fourth-order valence-corrected chi connectivity index (χ4v) is 3.30. The van der Waals surface area contributed by atoms with Crippen LogP contribution in [0, 0.1) is 0 Å². The van der Waals surface area contributed by atoms with E-state index in [4.69, 9.17) is 0 Å². The lowest BCUT2D eigenvalue weighted by molar-refractivity contribution is 0.767. The molecule has 0 radical (unpaired) electrons. The van der Waals surface area contributed by atoms with Crippen LogP contribution in [0.4, 0.5) is 0 Å². The maximum absolute atomic E-state index is 13.4. The quantitative estimate of drug-likeness (QED) is 0.479. The van der Waals surface area contributed by atoms with E-state index < -0.39 is 11.0 Å². The molecule has 136 valence electrons. The molecule has 4 heterocycles. The van der Waals surface area contributed by atoms with E-state index in [1.54, 1.807) is 48.4 Å². The van der Waals surface area contributed by atoms with Gasteiger partial charge in [-0.05, 0) is 24.3 Å². The number of benzene rings is 1. The van der Waals surface area contributed by atoms with Gasteiger partial charge < -0.3 is 4.98 Å². The van der Waals surface area contributed by atoms with Crippen LogP contribution in [0.5, 0.6) is 0 Å².